The van der Waals surface area contributed by atoms with Crippen molar-refractivity contribution in [1.29, 1.82) is 0 Å². The van der Waals surface area contributed by atoms with E-state index < -0.39 is 13.3 Å². The number of rotatable bonds is 5. The number of nitrogens with zero attached hydrogens (tertiary/aromatic N) is 2. The number of fused-ring (bicyclic) bond motifs is 3. The zero-order chi connectivity index (χ0) is 34.0. The van der Waals surface area contributed by atoms with Crippen molar-refractivity contribution < 1.29 is 20.1 Å². The summed E-state index contributed by atoms with van der Waals surface area (Å²) in [5.74, 6) is 7.20. The number of hydrogen-bond donors (Lipinski definition) is 0. The van der Waals surface area contributed by atoms with E-state index in [1.54, 1.807) is 0 Å². The first kappa shape index (κ1) is 35.6. The van der Waals surface area contributed by atoms with Crippen LogP contribution < -0.4 is 4.40 Å². The van der Waals surface area contributed by atoms with E-state index >= 15 is 0 Å². The van der Waals surface area contributed by atoms with E-state index in [0.717, 1.165) is 22.5 Å². The second-order valence-corrected chi connectivity index (χ2v) is 25.1. The minimum absolute atomic E-state index is 0. The third kappa shape index (κ3) is 7.60. The SMILES string of the molecule is Cc1cc(-c2[c-]ccc3c2sc2ccc(-c4ccccc4)cc23)ncc1-c1ccccc1.Cc1cc(-c2[c-]cccc2)nc[c]1[Ge]([CH3])([CH3])[CH3].[Ir]. The van der Waals surface area contributed by atoms with Crippen LogP contribution in [0, 0.1) is 26.0 Å². The number of aryl methyl sites for hydroxylation is 2. The van der Waals surface area contributed by atoms with Gasteiger partial charge in [0.25, 0.3) is 0 Å². The van der Waals surface area contributed by atoms with E-state index in [1.807, 2.05) is 47.9 Å². The molecule has 0 bridgehead atoms. The fourth-order valence-corrected chi connectivity index (χ4v) is 11.2. The molecule has 0 aliphatic rings. The summed E-state index contributed by atoms with van der Waals surface area (Å²) < 4.78 is 4.02. The van der Waals surface area contributed by atoms with Crippen molar-refractivity contribution in [2.45, 2.75) is 31.1 Å². The summed E-state index contributed by atoms with van der Waals surface area (Å²) in [6, 6.07) is 51.0. The molecular weight excluding hydrogens is 865 g/mol. The van der Waals surface area contributed by atoms with Crippen molar-refractivity contribution in [1.82, 2.24) is 9.97 Å². The van der Waals surface area contributed by atoms with Gasteiger partial charge in [-0.2, -0.15) is 11.3 Å². The minimum atomic E-state index is -1.77. The Hall–Kier alpha value is -4.19. The first-order valence-corrected chi connectivity index (χ1v) is 24.8. The molecule has 3 heterocycles. The maximum Gasteiger partial charge on any atom is 0 e. The molecule has 8 aromatic rings. The van der Waals surface area contributed by atoms with Gasteiger partial charge in [-0.3, -0.25) is 0 Å². The van der Waals surface area contributed by atoms with Crippen LogP contribution >= 0.6 is 11.3 Å². The Morgan fingerprint density at radius 3 is 1.92 bits per heavy atom. The molecule has 2 nitrogen and oxygen atoms in total. The normalized spacial score (nSPS) is 11.1. The van der Waals surface area contributed by atoms with Gasteiger partial charge in [0.2, 0.25) is 0 Å². The smallest absolute Gasteiger partial charge is 0 e. The van der Waals surface area contributed by atoms with Crippen molar-refractivity contribution in [3.8, 4) is 44.8 Å². The second-order valence-electron chi connectivity index (χ2n) is 13.4. The summed E-state index contributed by atoms with van der Waals surface area (Å²) in [5.41, 5.74) is 11.6. The zero-order valence-corrected chi connectivity index (χ0v) is 34.2. The van der Waals surface area contributed by atoms with Crippen LogP contribution in [0.25, 0.3) is 64.9 Å². The molecule has 0 saturated heterocycles. The van der Waals surface area contributed by atoms with Crippen LogP contribution in [0.15, 0.2) is 140 Å². The average Bonchev–Trinajstić information content (AvgIpc) is 3.51. The summed E-state index contributed by atoms with van der Waals surface area (Å²) in [4.78, 5) is 9.44. The van der Waals surface area contributed by atoms with Crippen molar-refractivity contribution in [2.24, 2.45) is 0 Å². The molecule has 249 valence electrons. The van der Waals surface area contributed by atoms with Crippen LogP contribution in [0.1, 0.15) is 11.1 Å². The molecule has 8 rings (SSSR count). The van der Waals surface area contributed by atoms with Crippen LogP contribution in [0.5, 0.6) is 0 Å². The minimum Gasteiger partial charge on any atom is 0 e. The molecule has 0 amide bonds. The van der Waals surface area contributed by atoms with E-state index in [-0.39, 0.29) is 20.1 Å². The molecule has 3 aromatic heterocycles. The molecule has 0 spiro atoms. The Balaban J connectivity index is 0.000000204. The topological polar surface area (TPSA) is 25.8 Å². The van der Waals surface area contributed by atoms with Gasteiger partial charge in [0, 0.05) is 36.6 Å². The third-order valence-corrected chi connectivity index (χ3v) is 14.6. The molecule has 1 radical (unpaired) electrons. The largest absolute Gasteiger partial charge is 0 e. The monoisotopic (exact) mass is 905 g/mol. The Labute approximate surface area is 316 Å². The zero-order valence-electron chi connectivity index (χ0n) is 28.9. The molecular formula is C45H38GeIrN2S-2. The van der Waals surface area contributed by atoms with Gasteiger partial charge in [-0.1, -0.05) is 78.2 Å². The van der Waals surface area contributed by atoms with Gasteiger partial charge >= 0.3 is 106 Å². The molecule has 0 unspecified atom stereocenters. The molecule has 0 saturated carbocycles. The average molecular weight is 904 g/mol. The molecule has 5 aromatic carbocycles. The van der Waals surface area contributed by atoms with Gasteiger partial charge in [-0.15, -0.1) is 23.8 Å². The summed E-state index contributed by atoms with van der Waals surface area (Å²) in [5, 5.41) is 2.56. The van der Waals surface area contributed by atoms with Crippen LogP contribution in [-0.2, 0) is 20.1 Å². The van der Waals surface area contributed by atoms with E-state index in [1.165, 1.54) is 57.9 Å². The molecule has 0 N–H and O–H groups in total. The standard InChI is InChI=1S/C30H20NS.C15H18GeN.Ir/c1-20-17-28(31-19-27(20)22-11-6-3-7-12-22)25-14-8-13-24-26-18-23(21-9-4-2-5-10-21)15-16-29(26)32-30(24)25;1-12-10-15(13-8-6-5-7-9-13)17-11-14(12)16(2,3)4;/h2-13,15-19H,1H3;5-8,10-11H,1-4H3;/q2*-1;. The molecule has 0 atom stereocenters. The Bertz CT molecular complexity index is 2380. The molecule has 0 aliphatic heterocycles. The van der Waals surface area contributed by atoms with Gasteiger partial charge in [-0.25, -0.2) is 0 Å². The Morgan fingerprint density at radius 1 is 0.580 bits per heavy atom. The molecule has 0 aliphatic carbocycles. The first-order valence-electron chi connectivity index (χ1n) is 16.7. The maximum absolute atomic E-state index is 4.85. The Kier molecular flexibility index (Phi) is 11.0. The van der Waals surface area contributed by atoms with E-state index in [4.69, 9.17) is 4.98 Å². The number of hydrogen-bond acceptors (Lipinski definition) is 3. The predicted octanol–water partition coefficient (Wildman–Crippen LogP) is 12.0. The van der Waals surface area contributed by atoms with Crippen LogP contribution in [0.2, 0.25) is 17.3 Å². The van der Waals surface area contributed by atoms with E-state index in [9.17, 15) is 0 Å². The molecule has 5 heteroatoms. The van der Waals surface area contributed by atoms with Crippen LogP contribution in [-0.4, -0.2) is 23.2 Å². The fraction of sp³-hybridized carbons (Fsp3) is 0.111. The third-order valence-electron chi connectivity index (χ3n) is 8.89. The Morgan fingerprint density at radius 2 is 1.26 bits per heavy atom. The van der Waals surface area contributed by atoms with E-state index in [0.29, 0.717) is 0 Å². The number of aromatic nitrogens is 2. The summed E-state index contributed by atoms with van der Waals surface area (Å²) in [6.45, 7) is 4.35. The van der Waals surface area contributed by atoms with Crippen molar-refractivity contribution in [3.05, 3.63) is 163 Å². The van der Waals surface area contributed by atoms with Crippen molar-refractivity contribution >= 4 is 49.2 Å². The summed E-state index contributed by atoms with van der Waals surface area (Å²) in [7, 11) is 0. The van der Waals surface area contributed by atoms with Crippen LogP contribution in [0.3, 0.4) is 0 Å². The van der Waals surface area contributed by atoms with Gasteiger partial charge in [0.05, 0.1) is 0 Å². The first-order chi connectivity index (χ1) is 23.8. The number of thiophene rings is 1. The molecule has 50 heavy (non-hydrogen) atoms. The summed E-state index contributed by atoms with van der Waals surface area (Å²) >= 11 is 0.0496. The second kappa shape index (κ2) is 15.4. The van der Waals surface area contributed by atoms with Gasteiger partial charge in [0.1, 0.15) is 0 Å². The van der Waals surface area contributed by atoms with Crippen LogP contribution in [0.4, 0.5) is 0 Å². The van der Waals surface area contributed by atoms with Gasteiger partial charge in [-0.05, 0) is 57.1 Å². The van der Waals surface area contributed by atoms with Crippen molar-refractivity contribution in [3.63, 3.8) is 0 Å². The predicted molar refractivity (Wildman–Crippen MR) is 213 cm³/mol. The van der Waals surface area contributed by atoms with E-state index in [2.05, 4.69) is 151 Å². The van der Waals surface area contributed by atoms with Gasteiger partial charge in [0.15, 0.2) is 0 Å². The maximum atomic E-state index is 4.85. The number of pyridine rings is 2. The van der Waals surface area contributed by atoms with Gasteiger partial charge < -0.3 is 4.98 Å². The summed E-state index contributed by atoms with van der Waals surface area (Å²) in [6.07, 6.45) is 4.07. The molecule has 0 fully saturated rings. The fourth-order valence-electron chi connectivity index (χ4n) is 6.40. The number of benzene rings is 5. The van der Waals surface area contributed by atoms with Crippen molar-refractivity contribution in [2.75, 3.05) is 0 Å². The quantitative estimate of drug-likeness (QED) is 0.127.